The molecule has 0 saturated carbocycles. The van der Waals surface area contributed by atoms with E-state index in [9.17, 15) is 8.42 Å². The molecular weight excluding hydrogens is 281 g/mol. The van der Waals surface area contributed by atoms with E-state index in [2.05, 4.69) is 4.98 Å². The van der Waals surface area contributed by atoms with E-state index >= 15 is 0 Å². The van der Waals surface area contributed by atoms with Crippen molar-refractivity contribution in [1.29, 1.82) is 0 Å². The highest BCUT2D eigenvalue weighted by molar-refractivity contribution is 7.91. The number of halogens is 2. The van der Waals surface area contributed by atoms with Gasteiger partial charge in [-0.3, -0.25) is 4.98 Å². The lowest BCUT2D eigenvalue weighted by molar-refractivity contribution is 0.550. The molecule has 2 atom stereocenters. The van der Waals surface area contributed by atoms with Gasteiger partial charge >= 0.3 is 0 Å². The number of hydrogen-bond acceptors (Lipinski definition) is 3. The van der Waals surface area contributed by atoms with Crippen LogP contribution in [0, 0.1) is 5.92 Å². The summed E-state index contributed by atoms with van der Waals surface area (Å²) in [5.74, 6) is 0.486. The van der Waals surface area contributed by atoms with Crippen LogP contribution in [-0.4, -0.2) is 30.3 Å². The van der Waals surface area contributed by atoms with E-state index in [1.165, 1.54) is 0 Å². The summed E-state index contributed by atoms with van der Waals surface area (Å²) >= 11 is 12.3. The number of sulfone groups is 1. The van der Waals surface area contributed by atoms with Crippen LogP contribution in [0.15, 0.2) is 18.5 Å². The first-order chi connectivity index (χ1) is 7.98. The Kier molecular flexibility index (Phi) is 3.95. The summed E-state index contributed by atoms with van der Waals surface area (Å²) in [5, 5.41) is 0.395. The third-order valence-electron chi connectivity index (χ3n) is 3.05. The predicted molar refractivity (Wildman–Crippen MR) is 69.4 cm³/mol. The maximum Gasteiger partial charge on any atom is 0.150 e. The Morgan fingerprint density at radius 2 is 2.29 bits per heavy atom. The molecule has 1 aliphatic rings. The van der Waals surface area contributed by atoms with Crippen molar-refractivity contribution in [3.05, 3.63) is 29.0 Å². The van der Waals surface area contributed by atoms with Crippen molar-refractivity contribution in [2.24, 2.45) is 5.92 Å². The Labute approximate surface area is 111 Å². The SMILES string of the molecule is O=S1(=O)CCC(C(Cl)Cc2ccncc2Cl)C1. The van der Waals surface area contributed by atoms with Crippen LogP contribution in [0.2, 0.25) is 5.02 Å². The molecule has 0 aliphatic carbocycles. The van der Waals surface area contributed by atoms with Crippen molar-refractivity contribution in [1.82, 2.24) is 4.98 Å². The molecular formula is C11H13Cl2NO2S. The molecule has 0 aromatic carbocycles. The van der Waals surface area contributed by atoms with Crippen LogP contribution in [-0.2, 0) is 16.3 Å². The zero-order valence-corrected chi connectivity index (χ0v) is 11.5. The van der Waals surface area contributed by atoms with Crippen LogP contribution in [0.5, 0.6) is 0 Å². The van der Waals surface area contributed by atoms with Gasteiger partial charge in [0.15, 0.2) is 9.84 Å². The van der Waals surface area contributed by atoms with Gasteiger partial charge < -0.3 is 0 Å². The van der Waals surface area contributed by atoms with Gasteiger partial charge in [-0.15, -0.1) is 11.6 Å². The monoisotopic (exact) mass is 293 g/mol. The Morgan fingerprint density at radius 1 is 1.53 bits per heavy atom. The maximum atomic E-state index is 11.4. The molecule has 0 bridgehead atoms. The van der Waals surface area contributed by atoms with Gasteiger partial charge in [0.05, 0.1) is 16.5 Å². The second kappa shape index (κ2) is 5.12. The average Bonchev–Trinajstić information content (AvgIpc) is 2.62. The summed E-state index contributed by atoms with van der Waals surface area (Å²) in [6.07, 6.45) is 4.48. The smallest absolute Gasteiger partial charge is 0.150 e. The predicted octanol–water partition coefficient (Wildman–Crippen LogP) is 2.32. The van der Waals surface area contributed by atoms with E-state index < -0.39 is 9.84 Å². The number of pyridine rings is 1. The van der Waals surface area contributed by atoms with E-state index in [4.69, 9.17) is 23.2 Å². The molecule has 17 heavy (non-hydrogen) atoms. The molecule has 2 heterocycles. The number of rotatable bonds is 3. The quantitative estimate of drug-likeness (QED) is 0.804. The summed E-state index contributed by atoms with van der Waals surface area (Å²) in [4.78, 5) is 3.90. The van der Waals surface area contributed by atoms with Gasteiger partial charge in [0.1, 0.15) is 0 Å². The van der Waals surface area contributed by atoms with E-state index in [1.54, 1.807) is 12.4 Å². The van der Waals surface area contributed by atoms with Gasteiger partial charge in [0, 0.05) is 17.8 Å². The zero-order chi connectivity index (χ0) is 12.5. The summed E-state index contributed by atoms with van der Waals surface area (Å²) in [6.45, 7) is 0. The lowest BCUT2D eigenvalue weighted by atomic mass is 9.99. The number of aromatic nitrogens is 1. The first-order valence-corrected chi connectivity index (χ1v) is 8.04. The third-order valence-corrected chi connectivity index (χ3v) is 5.70. The summed E-state index contributed by atoms with van der Waals surface area (Å²) in [7, 11) is -2.87. The first kappa shape index (κ1) is 13.1. The lowest BCUT2D eigenvalue weighted by Gasteiger charge is -2.15. The highest BCUT2D eigenvalue weighted by Gasteiger charge is 2.32. The zero-order valence-electron chi connectivity index (χ0n) is 9.14. The molecule has 2 unspecified atom stereocenters. The highest BCUT2D eigenvalue weighted by Crippen LogP contribution is 2.28. The molecule has 0 spiro atoms. The topological polar surface area (TPSA) is 47.0 Å². The largest absolute Gasteiger partial charge is 0.263 e. The fraction of sp³-hybridized carbons (Fsp3) is 0.545. The number of alkyl halides is 1. The van der Waals surface area contributed by atoms with E-state index in [1.807, 2.05) is 6.07 Å². The Bertz CT molecular complexity index is 504. The Hall–Kier alpha value is -0.320. The van der Waals surface area contributed by atoms with Gasteiger partial charge in [0.2, 0.25) is 0 Å². The molecule has 0 amide bonds. The minimum absolute atomic E-state index is 0.0332. The molecule has 6 heteroatoms. The lowest BCUT2D eigenvalue weighted by Crippen LogP contribution is -2.19. The Balaban J connectivity index is 2.03. The second-order valence-corrected chi connectivity index (χ2v) is 7.55. The van der Waals surface area contributed by atoms with E-state index in [0.717, 1.165) is 5.56 Å². The molecule has 0 N–H and O–H groups in total. The van der Waals surface area contributed by atoms with Crippen LogP contribution in [0.25, 0.3) is 0 Å². The normalized spacial score (nSPS) is 24.7. The summed E-state index contributed by atoms with van der Waals surface area (Å²) in [6, 6.07) is 1.82. The average molecular weight is 294 g/mol. The van der Waals surface area contributed by atoms with Crippen LogP contribution in [0.4, 0.5) is 0 Å². The number of nitrogens with zero attached hydrogens (tertiary/aromatic N) is 1. The Morgan fingerprint density at radius 3 is 2.88 bits per heavy atom. The second-order valence-electron chi connectivity index (χ2n) is 4.35. The summed E-state index contributed by atoms with van der Waals surface area (Å²) in [5.41, 5.74) is 0.922. The molecule has 1 saturated heterocycles. The minimum atomic E-state index is -2.87. The van der Waals surface area contributed by atoms with Crippen LogP contribution < -0.4 is 0 Å². The van der Waals surface area contributed by atoms with Crippen LogP contribution in [0.1, 0.15) is 12.0 Å². The summed E-state index contributed by atoms with van der Waals surface area (Å²) < 4.78 is 22.7. The molecule has 1 fully saturated rings. The van der Waals surface area contributed by atoms with Crippen molar-refractivity contribution in [2.75, 3.05) is 11.5 Å². The van der Waals surface area contributed by atoms with E-state index in [0.29, 0.717) is 17.9 Å². The van der Waals surface area contributed by atoms with Crippen LogP contribution >= 0.6 is 23.2 Å². The minimum Gasteiger partial charge on any atom is -0.263 e. The highest BCUT2D eigenvalue weighted by atomic mass is 35.5. The van der Waals surface area contributed by atoms with Crippen molar-refractivity contribution >= 4 is 33.0 Å². The molecule has 94 valence electrons. The van der Waals surface area contributed by atoms with Crippen molar-refractivity contribution in [2.45, 2.75) is 18.2 Å². The van der Waals surface area contributed by atoms with Gasteiger partial charge in [-0.25, -0.2) is 8.42 Å². The third kappa shape index (κ3) is 3.33. The maximum absolute atomic E-state index is 11.4. The van der Waals surface area contributed by atoms with Crippen LogP contribution in [0.3, 0.4) is 0 Å². The first-order valence-electron chi connectivity index (χ1n) is 5.41. The molecule has 1 aromatic rings. The van der Waals surface area contributed by atoms with Gasteiger partial charge in [-0.2, -0.15) is 0 Å². The van der Waals surface area contributed by atoms with Gasteiger partial charge in [-0.05, 0) is 30.4 Å². The van der Waals surface area contributed by atoms with E-state index in [-0.39, 0.29) is 22.8 Å². The fourth-order valence-corrected chi connectivity index (χ4v) is 4.62. The van der Waals surface area contributed by atoms with Gasteiger partial charge in [0.25, 0.3) is 0 Å². The standard InChI is InChI=1S/C11H13Cl2NO2S/c12-10(9-2-4-17(15,16)7-9)5-8-1-3-14-6-11(8)13/h1,3,6,9-10H,2,4-5,7H2. The van der Waals surface area contributed by atoms with Crippen molar-refractivity contribution < 1.29 is 8.42 Å². The fourth-order valence-electron chi connectivity index (χ4n) is 2.06. The van der Waals surface area contributed by atoms with Crippen molar-refractivity contribution in [3.8, 4) is 0 Å². The molecule has 0 radical (unpaired) electrons. The van der Waals surface area contributed by atoms with Crippen molar-refractivity contribution in [3.63, 3.8) is 0 Å². The molecule has 3 nitrogen and oxygen atoms in total. The van der Waals surface area contributed by atoms with Gasteiger partial charge in [-0.1, -0.05) is 11.6 Å². The number of hydrogen-bond donors (Lipinski definition) is 0. The molecule has 1 aliphatic heterocycles. The molecule has 2 rings (SSSR count). The molecule has 1 aromatic heterocycles.